The van der Waals surface area contributed by atoms with Crippen molar-refractivity contribution >= 4 is 11.7 Å². The van der Waals surface area contributed by atoms with E-state index in [-0.39, 0.29) is 11.4 Å². The lowest BCUT2D eigenvalue weighted by Crippen LogP contribution is -2.10. The zero-order valence-corrected chi connectivity index (χ0v) is 7.90. The highest BCUT2D eigenvalue weighted by atomic mass is 16.4. The van der Waals surface area contributed by atoms with Crippen molar-refractivity contribution in [2.24, 2.45) is 0 Å². The second-order valence-corrected chi connectivity index (χ2v) is 3.12. The summed E-state index contributed by atoms with van der Waals surface area (Å²) in [5.74, 6) is -1.54. The van der Waals surface area contributed by atoms with Crippen LogP contribution in [0.3, 0.4) is 0 Å². The number of carboxylic acids is 1. The second-order valence-electron chi connectivity index (χ2n) is 3.12. The number of aromatic hydroxyl groups is 1. The number of hydrogen-bond acceptors (Lipinski definition) is 3. The van der Waals surface area contributed by atoms with E-state index in [9.17, 15) is 9.90 Å². The molecule has 0 spiro atoms. The number of aliphatic carboxylic acids is 1. The molecular formula is C10H13NO3. The van der Waals surface area contributed by atoms with Gasteiger partial charge in [0.1, 0.15) is 5.75 Å². The molecule has 0 fully saturated rings. The Balaban J connectivity index is 3.06. The third-order valence-electron chi connectivity index (χ3n) is 2.16. The maximum Gasteiger partial charge on any atom is 0.310 e. The number of benzene rings is 1. The van der Waals surface area contributed by atoms with E-state index in [2.05, 4.69) is 0 Å². The van der Waals surface area contributed by atoms with Crippen molar-refractivity contribution < 1.29 is 15.0 Å². The van der Waals surface area contributed by atoms with Gasteiger partial charge in [-0.3, -0.25) is 4.79 Å². The molecule has 1 aromatic rings. The Hall–Kier alpha value is -1.71. The number of nitrogens with two attached hydrogens (primary N) is 1. The van der Waals surface area contributed by atoms with Gasteiger partial charge in [-0.2, -0.15) is 0 Å². The van der Waals surface area contributed by atoms with Gasteiger partial charge < -0.3 is 15.9 Å². The van der Waals surface area contributed by atoms with Gasteiger partial charge in [0.05, 0.1) is 11.6 Å². The maximum absolute atomic E-state index is 10.8. The first-order valence-electron chi connectivity index (χ1n) is 4.37. The molecule has 1 atom stereocenters. The highest BCUT2D eigenvalue weighted by Crippen LogP contribution is 2.27. The van der Waals surface area contributed by atoms with Crippen LogP contribution >= 0.6 is 0 Å². The largest absolute Gasteiger partial charge is 0.506 e. The SMILES string of the molecule is CC[C@H](C(=O)O)c1ccc(N)c(O)c1. The summed E-state index contributed by atoms with van der Waals surface area (Å²) in [6.07, 6.45) is 0.485. The molecule has 0 amide bonds. The number of phenols is 1. The van der Waals surface area contributed by atoms with Crippen molar-refractivity contribution in [1.82, 2.24) is 0 Å². The topological polar surface area (TPSA) is 83.5 Å². The lowest BCUT2D eigenvalue weighted by Gasteiger charge is -2.10. The van der Waals surface area contributed by atoms with E-state index in [1.54, 1.807) is 13.0 Å². The van der Waals surface area contributed by atoms with Crippen LogP contribution in [-0.2, 0) is 4.79 Å². The molecule has 0 saturated carbocycles. The van der Waals surface area contributed by atoms with Crippen molar-refractivity contribution in [2.45, 2.75) is 19.3 Å². The minimum Gasteiger partial charge on any atom is -0.506 e. The summed E-state index contributed by atoms with van der Waals surface area (Å²) in [5.41, 5.74) is 6.24. The minimum absolute atomic E-state index is 0.0674. The fourth-order valence-electron chi connectivity index (χ4n) is 1.33. The zero-order valence-electron chi connectivity index (χ0n) is 7.90. The van der Waals surface area contributed by atoms with E-state index in [1.807, 2.05) is 0 Å². The van der Waals surface area contributed by atoms with Gasteiger partial charge >= 0.3 is 5.97 Å². The first kappa shape index (κ1) is 10.4. The van der Waals surface area contributed by atoms with Crippen LogP contribution in [0.4, 0.5) is 5.69 Å². The summed E-state index contributed by atoms with van der Waals surface area (Å²) in [7, 11) is 0. The van der Waals surface area contributed by atoms with E-state index in [0.29, 0.717) is 12.0 Å². The third kappa shape index (κ3) is 1.96. The van der Waals surface area contributed by atoms with E-state index >= 15 is 0 Å². The van der Waals surface area contributed by atoms with Gasteiger partial charge in [0.15, 0.2) is 0 Å². The molecule has 0 heterocycles. The van der Waals surface area contributed by atoms with Crippen LogP contribution in [0.1, 0.15) is 24.8 Å². The van der Waals surface area contributed by atoms with Crippen molar-refractivity contribution in [3.63, 3.8) is 0 Å². The maximum atomic E-state index is 10.8. The average Bonchev–Trinajstić information content (AvgIpc) is 2.11. The number of anilines is 1. The van der Waals surface area contributed by atoms with Crippen LogP contribution in [0, 0.1) is 0 Å². The normalized spacial score (nSPS) is 12.4. The second kappa shape index (κ2) is 4.00. The van der Waals surface area contributed by atoms with Gasteiger partial charge in [0.2, 0.25) is 0 Å². The summed E-state index contributed by atoms with van der Waals surface area (Å²) in [6, 6.07) is 4.53. The summed E-state index contributed by atoms with van der Waals surface area (Å²) < 4.78 is 0. The molecular weight excluding hydrogens is 182 g/mol. The molecule has 14 heavy (non-hydrogen) atoms. The Morgan fingerprint density at radius 1 is 1.57 bits per heavy atom. The average molecular weight is 195 g/mol. The predicted octanol–water partition coefficient (Wildman–Crippen LogP) is 1.55. The highest BCUT2D eigenvalue weighted by Gasteiger charge is 2.18. The number of hydrogen-bond donors (Lipinski definition) is 3. The van der Waals surface area contributed by atoms with E-state index in [4.69, 9.17) is 10.8 Å². The molecule has 0 aliphatic rings. The Kier molecular flexibility index (Phi) is 2.96. The molecule has 0 aliphatic carbocycles. The smallest absolute Gasteiger partial charge is 0.310 e. The first-order chi connectivity index (χ1) is 6.56. The van der Waals surface area contributed by atoms with Crippen LogP contribution in [-0.4, -0.2) is 16.2 Å². The van der Waals surface area contributed by atoms with Crippen LogP contribution < -0.4 is 5.73 Å². The lowest BCUT2D eigenvalue weighted by molar-refractivity contribution is -0.138. The van der Waals surface area contributed by atoms with Gasteiger partial charge in [0.25, 0.3) is 0 Å². The Morgan fingerprint density at radius 2 is 2.21 bits per heavy atom. The number of phenolic OH excluding ortho intramolecular Hbond substituents is 1. The number of carboxylic acid groups (broad SMARTS) is 1. The molecule has 76 valence electrons. The zero-order chi connectivity index (χ0) is 10.7. The van der Waals surface area contributed by atoms with Crippen molar-refractivity contribution in [2.75, 3.05) is 5.73 Å². The standard InChI is InChI=1S/C10H13NO3/c1-2-7(10(13)14)6-3-4-8(11)9(12)5-6/h3-5,7,12H,2,11H2,1H3,(H,13,14)/t7-/m0/s1. The number of rotatable bonds is 3. The van der Waals surface area contributed by atoms with Crippen molar-refractivity contribution in [3.05, 3.63) is 23.8 Å². The molecule has 4 nitrogen and oxygen atoms in total. The fraction of sp³-hybridized carbons (Fsp3) is 0.300. The van der Waals surface area contributed by atoms with E-state index in [0.717, 1.165) is 0 Å². The molecule has 0 aliphatic heterocycles. The van der Waals surface area contributed by atoms with Crippen molar-refractivity contribution in [3.8, 4) is 5.75 Å². The van der Waals surface area contributed by atoms with Crippen LogP contribution in [0.25, 0.3) is 0 Å². The van der Waals surface area contributed by atoms with Gasteiger partial charge in [0, 0.05) is 0 Å². The molecule has 0 saturated heterocycles. The molecule has 1 aromatic carbocycles. The summed E-state index contributed by atoms with van der Waals surface area (Å²) in [4.78, 5) is 10.8. The molecule has 4 heteroatoms. The Labute approximate surface area is 82.0 Å². The fourth-order valence-corrected chi connectivity index (χ4v) is 1.33. The first-order valence-corrected chi connectivity index (χ1v) is 4.37. The van der Waals surface area contributed by atoms with Gasteiger partial charge in [-0.25, -0.2) is 0 Å². The molecule has 0 bridgehead atoms. The molecule has 1 rings (SSSR count). The lowest BCUT2D eigenvalue weighted by atomic mass is 9.96. The van der Waals surface area contributed by atoms with Crippen molar-refractivity contribution in [1.29, 1.82) is 0 Å². The number of carbonyl (C=O) groups is 1. The third-order valence-corrected chi connectivity index (χ3v) is 2.16. The summed E-state index contributed by atoms with van der Waals surface area (Å²) in [5, 5.41) is 18.2. The van der Waals surface area contributed by atoms with Gasteiger partial charge in [-0.15, -0.1) is 0 Å². The molecule has 0 unspecified atom stereocenters. The van der Waals surface area contributed by atoms with Gasteiger partial charge in [-0.1, -0.05) is 13.0 Å². The highest BCUT2D eigenvalue weighted by molar-refractivity contribution is 5.76. The number of nitrogen functional groups attached to an aromatic ring is 1. The van der Waals surface area contributed by atoms with E-state index in [1.165, 1.54) is 12.1 Å². The summed E-state index contributed by atoms with van der Waals surface area (Å²) >= 11 is 0. The quantitative estimate of drug-likeness (QED) is 0.504. The van der Waals surface area contributed by atoms with Crippen LogP contribution in [0.15, 0.2) is 18.2 Å². The minimum atomic E-state index is -0.892. The molecule has 0 aromatic heterocycles. The van der Waals surface area contributed by atoms with Crippen LogP contribution in [0.5, 0.6) is 5.75 Å². The van der Waals surface area contributed by atoms with E-state index < -0.39 is 11.9 Å². The monoisotopic (exact) mass is 195 g/mol. The van der Waals surface area contributed by atoms with Crippen LogP contribution in [0.2, 0.25) is 0 Å². The van der Waals surface area contributed by atoms with Gasteiger partial charge in [-0.05, 0) is 24.1 Å². The summed E-state index contributed by atoms with van der Waals surface area (Å²) in [6.45, 7) is 1.78. The predicted molar refractivity (Wildman–Crippen MR) is 53.2 cm³/mol. The molecule has 4 N–H and O–H groups in total. The Bertz CT molecular complexity index is 349. The Morgan fingerprint density at radius 3 is 2.64 bits per heavy atom. The molecule has 0 radical (unpaired) electrons.